The van der Waals surface area contributed by atoms with Crippen LogP contribution in [0.3, 0.4) is 0 Å². The first kappa shape index (κ1) is 47.3. The van der Waals surface area contributed by atoms with Gasteiger partial charge in [0.25, 0.3) is 0 Å². The average Bonchev–Trinajstić information content (AvgIpc) is 2.98. The molecule has 6 N–H and O–H groups in total. The van der Waals surface area contributed by atoms with Crippen molar-refractivity contribution in [3.8, 4) is 0 Å². The second kappa shape index (κ2) is 26.1. The van der Waals surface area contributed by atoms with Crippen LogP contribution in [0.4, 0.5) is 4.79 Å². The second-order valence-corrected chi connectivity index (χ2v) is 13.6. The fourth-order valence-corrected chi connectivity index (χ4v) is 5.16. The molecule has 0 saturated carbocycles. The van der Waals surface area contributed by atoms with Crippen LogP contribution in [0.2, 0.25) is 0 Å². The number of carbonyl (C=O) groups excluding carboxylic acids is 5. The molecule has 23 heteroatoms. The Hall–Kier alpha value is -2.71. The zero-order valence-corrected chi connectivity index (χ0v) is 31.0. The van der Waals surface area contributed by atoms with E-state index in [4.69, 9.17) is 37.0 Å². The summed E-state index contributed by atoms with van der Waals surface area (Å²) < 4.78 is 64.7. The lowest BCUT2D eigenvalue weighted by molar-refractivity contribution is -0.147. The molecule has 0 radical (unpaired) electrons. The molecule has 0 aromatic rings. The summed E-state index contributed by atoms with van der Waals surface area (Å²) in [4.78, 5) is 76.6. The highest BCUT2D eigenvalue weighted by Crippen LogP contribution is 2.43. The van der Waals surface area contributed by atoms with Crippen molar-refractivity contribution in [1.82, 2.24) is 21.3 Å². The van der Waals surface area contributed by atoms with Gasteiger partial charge in [0.05, 0.1) is 64.9 Å². The molecule has 0 aliphatic rings. The molecule has 0 aromatic heterocycles. The number of ether oxygens (including phenoxy) is 4. The van der Waals surface area contributed by atoms with Crippen molar-refractivity contribution in [2.24, 2.45) is 0 Å². The molecule has 0 fully saturated rings. The van der Waals surface area contributed by atoms with E-state index in [0.717, 1.165) is 0 Å². The third kappa shape index (κ3) is 29.1. The zero-order valence-electron chi connectivity index (χ0n) is 29.2. The van der Waals surface area contributed by atoms with Gasteiger partial charge in [-0.3, -0.25) is 37.3 Å². The molecule has 6 atom stereocenters. The maximum atomic E-state index is 12.2. The highest BCUT2D eigenvalue weighted by atomic mass is 31.2. The van der Waals surface area contributed by atoms with Crippen molar-refractivity contribution in [3.05, 3.63) is 0 Å². The van der Waals surface area contributed by atoms with Crippen LogP contribution in [0.15, 0.2) is 0 Å². The summed E-state index contributed by atoms with van der Waals surface area (Å²) in [6.07, 6.45) is 0.0156. The van der Waals surface area contributed by atoms with E-state index < -0.39 is 83.9 Å². The molecule has 2 unspecified atom stereocenters. The normalized spacial score (nSPS) is 16.0. The Balaban J connectivity index is 4.35. The number of hydrogen-bond acceptors (Lipinski definition) is 15. The molecule has 21 nitrogen and oxygen atoms in total. The SMILES string of the molecule is CC(=O)N[C@@H](COCC[C@@H](C)OC(C)=O)COP(=O)(O)OCCNC(=O)NCCOP(=O)(O)OC[C@H](COCC[C@@H](C)OC(C)=O)NC(C)=O. The number of hydrogen-bond donors (Lipinski definition) is 6. The zero-order chi connectivity index (χ0) is 38.2. The van der Waals surface area contributed by atoms with Gasteiger partial charge in [-0.2, -0.15) is 0 Å². The van der Waals surface area contributed by atoms with Crippen molar-refractivity contribution in [3.63, 3.8) is 0 Å². The van der Waals surface area contributed by atoms with Crippen LogP contribution in [0.5, 0.6) is 0 Å². The molecule has 0 saturated heterocycles. The Morgan fingerprint density at radius 2 is 0.940 bits per heavy atom. The third-order valence-corrected chi connectivity index (χ3v) is 7.65. The van der Waals surface area contributed by atoms with E-state index >= 15 is 0 Å². The number of phosphoric ester groups is 2. The van der Waals surface area contributed by atoms with E-state index in [1.165, 1.54) is 27.7 Å². The topological polar surface area (TPSA) is 282 Å². The highest BCUT2D eigenvalue weighted by molar-refractivity contribution is 7.47. The third-order valence-electron chi connectivity index (χ3n) is 5.69. The highest BCUT2D eigenvalue weighted by Gasteiger charge is 2.25. The van der Waals surface area contributed by atoms with Gasteiger partial charge in [-0.05, 0) is 13.8 Å². The van der Waals surface area contributed by atoms with Gasteiger partial charge in [0.15, 0.2) is 0 Å². The lowest BCUT2D eigenvalue weighted by Crippen LogP contribution is -2.40. The van der Waals surface area contributed by atoms with Gasteiger partial charge in [-0.25, -0.2) is 13.9 Å². The minimum absolute atomic E-state index is 0.0665. The number of urea groups is 1. The monoisotopic (exact) mass is 766 g/mol. The first-order valence-electron chi connectivity index (χ1n) is 15.6. The van der Waals surface area contributed by atoms with Crippen LogP contribution in [-0.2, 0) is 65.4 Å². The van der Waals surface area contributed by atoms with Crippen LogP contribution in [0.25, 0.3) is 0 Å². The predicted octanol–water partition coefficient (Wildman–Crippen LogP) is 0.279. The number of carbonyl (C=O) groups is 5. The maximum absolute atomic E-state index is 12.2. The Labute approximate surface area is 291 Å². The van der Waals surface area contributed by atoms with Gasteiger partial charge in [-0.1, -0.05) is 0 Å². The summed E-state index contributed by atoms with van der Waals surface area (Å²) >= 11 is 0. The predicted molar refractivity (Wildman–Crippen MR) is 173 cm³/mol. The molecule has 0 aromatic carbocycles. The summed E-state index contributed by atoms with van der Waals surface area (Å²) in [6, 6.07) is -2.34. The Morgan fingerprint density at radius 3 is 1.26 bits per heavy atom. The van der Waals surface area contributed by atoms with Crippen molar-refractivity contribution in [2.45, 2.75) is 78.7 Å². The van der Waals surface area contributed by atoms with Gasteiger partial charge in [0, 0.05) is 53.6 Å². The van der Waals surface area contributed by atoms with E-state index in [9.17, 15) is 42.9 Å². The van der Waals surface area contributed by atoms with E-state index in [1.807, 2.05) is 0 Å². The van der Waals surface area contributed by atoms with Crippen molar-refractivity contribution >= 4 is 45.4 Å². The number of phosphoric acid groups is 2. The van der Waals surface area contributed by atoms with E-state index in [0.29, 0.717) is 12.8 Å². The van der Waals surface area contributed by atoms with Crippen molar-refractivity contribution in [2.75, 3.05) is 65.9 Å². The van der Waals surface area contributed by atoms with Crippen LogP contribution < -0.4 is 21.3 Å². The molecular formula is C27H52N4O17P2. The summed E-state index contributed by atoms with van der Waals surface area (Å²) in [6.45, 7) is 6.48. The minimum atomic E-state index is -4.58. The maximum Gasteiger partial charge on any atom is 0.472 e. The lowest BCUT2D eigenvalue weighted by Gasteiger charge is -2.20. The van der Waals surface area contributed by atoms with Gasteiger partial charge in [-0.15, -0.1) is 0 Å². The summed E-state index contributed by atoms with van der Waals surface area (Å²) in [5.41, 5.74) is 0. The molecule has 0 aliphatic heterocycles. The molecule has 0 heterocycles. The number of nitrogens with one attached hydrogen (secondary N) is 4. The van der Waals surface area contributed by atoms with E-state index in [2.05, 4.69) is 21.3 Å². The van der Waals surface area contributed by atoms with Crippen molar-refractivity contribution in [1.29, 1.82) is 0 Å². The molecule has 0 spiro atoms. The fraction of sp³-hybridized carbons (Fsp3) is 0.815. The lowest BCUT2D eigenvalue weighted by atomic mass is 10.3. The molecule has 0 rings (SSSR count). The minimum Gasteiger partial charge on any atom is -0.463 e. The summed E-state index contributed by atoms with van der Waals surface area (Å²) in [7, 11) is -9.16. The van der Waals surface area contributed by atoms with Crippen LogP contribution in [0, 0.1) is 0 Å². The molecule has 0 aliphatic carbocycles. The molecular weight excluding hydrogens is 714 g/mol. The first-order valence-corrected chi connectivity index (χ1v) is 18.6. The first-order chi connectivity index (χ1) is 23.3. The fourth-order valence-electron chi connectivity index (χ4n) is 3.63. The standard InChI is InChI=1S/C27H52N4O17P2/c1-19(47-23(5)34)7-11-41-15-25(30-21(3)32)17-45-49(37,38)43-13-9-28-27(36)29-10-14-44-50(39,40)46-18-26(31-22(4)33)16-42-12-8-20(2)48-24(6)35/h19-20,25-26H,7-18H2,1-6H3,(H,30,32)(H,31,33)(H,37,38)(H,39,40)(H2,28,29,36)/t19-,20-,25+,26+/m1/s1. The summed E-state index contributed by atoms with van der Waals surface area (Å²) in [5.74, 6) is -1.73. The Bertz CT molecular complexity index is 1060. The van der Waals surface area contributed by atoms with Crippen LogP contribution in [-0.4, -0.2) is 130 Å². The van der Waals surface area contributed by atoms with Gasteiger partial charge >= 0.3 is 33.6 Å². The summed E-state index contributed by atoms with van der Waals surface area (Å²) in [5, 5.41) is 9.69. The number of amides is 4. The Morgan fingerprint density at radius 1 is 0.580 bits per heavy atom. The van der Waals surface area contributed by atoms with Gasteiger partial charge in [0.1, 0.15) is 12.2 Å². The number of esters is 2. The second-order valence-electron chi connectivity index (χ2n) is 10.7. The molecule has 292 valence electrons. The van der Waals surface area contributed by atoms with Crippen LogP contribution >= 0.6 is 15.6 Å². The van der Waals surface area contributed by atoms with Gasteiger partial charge < -0.3 is 50.0 Å². The molecule has 50 heavy (non-hydrogen) atoms. The largest absolute Gasteiger partial charge is 0.472 e. The molecule has 4 amide bonds. The van der Waals surface area contributed by atoms with Gasteiger partial charge in [0.2, 0.25) is 11.8 Å². The quantitative estimate of drug-likeness (QED) is 0.0354. The average molecular weight is 767 g/mol. The van der Waals surface area contributed by atoms with Crippen LogP contribution in [0.1, 0.15) is 54.4 Å². The van der Waals surface area contributed by atoms with Crippen molar-refractivity contribution < 1.29 is 79.9 Å². The number of rotatable bonds is 28. The smallest absolute Gasteiger partial charge is 0.463 e. The Kier molecular flexibility index (Phi) is 24.7. The van der Waals surface area contributed by atoms with E-state index in [-0.39, 0.29) is 51.7 Å². The van der Waals surface area contributed by atoms with E-state index in [1.54, 1.807) is 13.8 Å². The molecule has 0 bridgehead atoms.